The molecular weight excluding hydrogens is 216 g/mol. The predicted molar refractivity (Wildman–Crippen MR) is 58.6 cm³/mol. The van der Waals surface area contributed by atoms with Crippen LogP contribution in [-0.2, 0) is 15.8 Å². The minimum atomic E-state index is -1.19. The smallest absolute Gasteiger partial charge is 0.328 e. The normalized spacial score (nSPS) is 12.6. The van der Waals surface area contributed by atoms with E-state index in [9.17, 15) is 9.00 Å². The van der Waals surface area contributed by atoms with Crippen molar-refractivity contribution < 1.29 is 14.1 Å². The minimum absolute atomic E-state index is 0.448. The van der Waals surface area contributed by atoms with E-state index in [4.69, 9.17) is 5.11 Å². The average Bonchev–Trinajstić information content (AvgIpc) is 2.14. The average molecular weight is 226 g/mol. The molecule has 1 unspecified atom stereocenters. The summed E-state index contributed by atoms with van der Waals surface area (Å²) in [6, 6.07) is 5.01. The summed E-state index contributed by atoms with van der Waals surface area (Å²) in [5.74, 6) is -0.586. The highest BCUT2D eigenvalue weighted by atomic mass is 32.2. The number of carboxylic acids is 1. The van der Waals surface area contributed by atoms with Gasteiger partial charge in [0.2, 0.25) is 0 Å². The van der Waals surface area contributed by atoms with Gasteiger partial charge in [0.1, 0.15) is 16.8 Å². The molecule has 5 nitrogen and oxygen atoms in total. The predicted octanol–water partition coefficient (Wildman–Crippen LogP) is 0.885. The molecule has 0 amide bonds. The number of nitrogens with one attached hydrogen (secondary N) is 1. The van der Waals surface area contributed by atoms with Crippen molar-refractivity contribution >= 4 is 28.8 Å². The molecule has 1 aromatic heterocycles. The van der Waals surface area contributed by atoms with Gasteiger partial charge in [-0.05, 0) is 18.2 Å². The Morgan fingerprint density at radius 3 is 2.93 bits per heavy atom. The molecular formula is C9H10N2O3S. The molecule has 1 rings (SSSR count). The third-order valence-corrected chi connectivity index (χ3v) is 1.91. The second kappa shape index (κ2) is 5.26. The van der Waals surface area contributed by atoms with Crippen molar-refractivity contribution in [1.29, 1.82) is 0 Å². The van der Waals surface area contributed by atoms with Gasteiger partial charge in [0.15, 0.2) is 0 Å². The topological polar surface area (TPSA) is 79.3 Å². The van der Waals surface area contributed by atoms with Gasteiger partial charge in [-0.2, -0.15) is 0 Å². The maximum absolute atomic E-state index is 10.8. The van der Waals surface area contributed by atoms with E-state index < -0.39 is 17.0 Å². The lowest BCUT2D eigenvalue weighted by Gasteiger charge is -2.01. The van der Waals surface area contributed by atoms with Crippen molar-refractivity contribution in [2.24, 2.45) is 0 Å². The third kappa shape index (κ3) is 4.37. The van der Waals surface area contributed by atoms with E-state index in [2.05, 4.69) is 9.71 Å². The maximum atomic E-state index is 10.8. The molecule has 1 aromatic rings. The first-order valence-electron chi connectivity index (χ1n) is 4.06. The van der Waals surface area contributed by atoms with Crippen molar-refractivity contribution in [2.75, 3.05) is 11.0 Å². The molecule has 0 aliphatic carbocycles. The second-order valence-electron chi connectivity index (χ2n) is 2.68. The molecule has 0 aliphatic rings. The van der Waals surface area contributed by atoms with Gasteiger partial charge in [-0.3, -0.25) is 4.72 Å². The number of rotatable bonds is 4. The lowest BCUT2D eigenvalue weighted by molar-refractivity contribution is -0.131. The van der Waals surface area contributed by atoms with Crippen LogP contribution in [0.3, 0.4) is 0 Å². The van der Waals surface area contributed by atoms with E-state index in [1.165, 1.54) is 12.3 Å². The monoisotopic (exact) mass is 226 g/mol. The molecule has 1 atom stereocenters. The van der Waals surface area contributed by atoms with E-state index in [0.29, 0.717) is 11.5 Å². The number of nitrogens with zero attached hydrogens (tertiary/aromatic N) is 1. The first kappa shape index (κ1) is 11.4. The fourth-order valence-corrected chi connectivity index (χ4v) is 1.31. The molecule has 0 saturated heterocycles. The third-order valence-electron chi connectivity index (χ3n) is 1.42. The summed E-state index contributed by atoms with van der Waals surface area (Å²) >= 11 is 0. The minimum Gasteiger partial charge on any atom is -0.478 e. The van der Waals surface area contributed by atoms with Gasteiger partial charge in [0.05, 0.1) is 5.69 Å². The SMILES string of the molecule is CS(=O)Nc1cccc(/C=C/C(=O)O)n1. The Kier molecular flexibility index (Phi) is 3.99. The van der Waals surface area contributed by atoms with Crippen LogP contribution in [-0.4, -0.2) is 26.5 Å². The molecule has 0 aromatic carbocycles. The summed E-state index contributed by atoms with van der Waals surface area (Å²) in [7, 11) is -1.19. The highest BCUT2D eigenvalue weighted by Gasteiger charge is 1.96. The van der Waals surface area contributed by atoms with Gasteiger partial charge in [-0.25, -0.2) is 14.0 Å². The van der Waals surface area contributed by atoms with Crippen LogP contribution in [0.25, 0.3) is 6.08 Å². The Bertz CT molecular complexity index is 418. The Morgan fingerprint density at radius 2 is 2.33 bits per heavy atom. The largest absolute Gasteiger partial charge is 0.478 e. The first-order chi connectivity index (χ1) is 7.08. The molecule has 0 spiro atoms. The number of aliphatic carboxylic acids is 1. The van der Waals surface area contributed by atoms with Crippen molar-refractivity contribution in [3.05, 3.63) is 30.0 Å². The van der Waals surface area contributed by atoms with Crippen LogP contribution < -0.4 is 4.72 Å². The summed E-state index contributed by atoms with van der Waals surface area (Å²) < 4.78 is 13.5. The van der Waals surface area contributed by atoms with Crippen molar-refractivity contribution in [3.8, 4) is 0 Å². The van der Waals surface area contributed by atoms with E-state index in [0.717, 1.165) is 6.08 Å². The zero-order valence-electron chi connectivity index (χ0n) is 8.01. The Balaban J connectivity index is 2.82. The second-order valence-corrected chi connectivity index (χ2v) is 3.79. The van der Waals surface area contributed by atoms with Gasteiger partial charge in [-0.1, -0.05) is 6.07 Å². The molecule has 0 bridgehead atoms. The van der Waals surface area contributed by atoms with Crippen LogP contribution >= 0.6 is 0 Å². The highest BCUT2D eigenvalue weighted by Crippen LogP contribution is 2.06. The van der Waals surface area contributed by atoms with Crippen molar-refractivity contribution in [3.63, 3.8) is 0 Å². The number of aromatic nitrogens is 1. The van der Waals surface area contributed by atoms with Gasteiger partial charge in [-0.15, -0.1) is 0 Å². The number of pyridine rings is 1. The number of hydrogen-bond acceptors (Lipinski definition) is 3. The van der Waals surface area contributed by atoms with E-state index in [-0.39, 0.29) is 0 Å². The lowest BCUT2D eigenvalue weighted by Crippen LogP contribution is -2.03. The quantitative estimate of drug-likeness (QED) is 0.747. The molecule has 0 aliphatic heterocycles. The Hall–Kier alpha value is -1.69. The molecule has 80 valence electrons. The molecule has 6 heteroatoms. The van der Waals surface area contributed by atoms with Crippen molar-refractivity contribution in [2.45, 2.75) is 0 Å². The van der Waals surface area contributed by atoms with Crippen LogP contribution in [0.2, 0.25) is 0 Å². The Labute approximate surface area is 89.4 Å². The zero-order valence-corrected chi connectivity index (χ0v) is 8.82. The summed E-state index contributed by atoms with van der Waals surface area (Å²) in [6.07, 6.45) is 3.85. The van der Waals surface area contributed by atoms with E-state index >= 15 is 0 Å². The standard InChI is InChI=1S/C9H10N2O3S/c1-15(14)11-8-4-2-3-7(10-8)5-6-9(12)13/h2-6H,1H3,(H,10,11)(H,12,13)/b6-5+. The van der Waals surface area contributed by atoms with Crippen molar-refractivity contribution in [1.82, 2.24) is 4.98 Å². The molecule has 15 heavy (non-hydrogen) atoms. The molecule has 0 saturated carbocycles. The summed E-state index contributed by atoms with van der Waals surface area (Å²) in [5.41, 5.74) is 0.493. The van der Waals surface area contributed by atoms with E-state index in [1.807, 2.05) is 0 Å². The van der Waals surface area contributed by atoms with Gasteiger partial charge >= 0.3 is 5.97 Å². The summed E-state index contributed by atoms with van der Waals surface area (Å²) in [5, 5.41) is 8.41. The van der Waals surface area contributed by atoms with E-state index in [1.54, 1.807) is 18.2 Å². The molecule has 2 N–H and O–H groups in total. The molecule has 0 fully saturated rings. The van der Waals surface area contributed by atoms with Crippen LogP contribution in [0.5, 0.6) is 0 Å². The maximum Gasteiger partial charge on any atom is 0.328 e. The lowest BCUT2D eigenvalue weighted by atomic mass is 10.3. The number of anilines is 1. The summed E-state index contributed by atoms with van der Waals surface area (Å²) in [4.78, 5) is 14.3. The Morgan fingerprint density at radius 1 is 1.60 bits per heavy atom. The fraction of sp³-hybridized carbons (Fsp3) is 0.111. The van der Waals surface area contributed by atoms with Gasteiger partial charge < -0.3 is 5.11 Å². The molecule has 0 radical (unpaired) electrons. The number of carbonyl (C=O) groups is 1. The number of hydrogen-bond donors (Lipinski definition) is 2. The van der Waals surface area contributed by atoms with Crippen LogP contribution in [0.15, 0.2) is 24.3 Å². The molecule has 1 heterocycles. The van der Waals surface area contributed by atoms with Crippen LogP contribution in [0.4, 0.5) is 5.82 Å². The van der Waals surface area contributed by atoms with Crippen LogP contribution in [0, 0.1) is 0 Å². The zero-order chi connectivity index (χ0) is 11.3. The fourth-order valence-electron chi connectivity index (χ4n) is 0.905. The van der Waals surface area contributed by atoms with Gasteiger partial charge in [0, 0.05) is 12.3 Å². The summed E-state index contributed by atoms with van der Waals surface area (Å²) in [6.45, 7) is 0. The highest BCUT2D eigenvalue weighted by molar-refractivity contribution is 7.85. The van der Waals surface area contributed by atoms with Crippen LogP contribution in [0.1, 0.15) is 5.69 Å². The first-order valence-corrected chi connectivity index (χ1v) is 5.62. The number of carboxylic acid groups (broad SMARTS) is 1. The van der Waals surface area contributed by atoms with Gasteiger partial charge in [0.25, 0.3) is 0 Å².